The third kappa shape index (κ3) is 4.93. The van der Waals surface area contributed by atoms with E-state index in [1.807, 2.05) is 55.5 Å². The number of carbonyl (C=O) groups is 1. The van der Waals surface area contributed by atoms with E-state index in [2.05, 4.69) is 17.2 Å². The first-order valence-corrected chi connectivity index (χ1v) is 8.88. The fraction of sp³-hybridized carbons (Fsp3) is 0.125. The average Bonchev–Trinajstić information content (AvgIpc) is 2.70. The third-order valence-electron chi connectivity index (χ3n) is 4.25. The van der Waals surface area contributed by atoms with Gasteiger partial charge in [-0.3, -0.25) is 4.79 Å². The Labute approximate surface area is 164 Å². The van der Waals surface area contributed by atoms with Gasteiger partial charge in [0, 0.05) is 16.8 Å². The van der Waals surface area contributed by atoms with Gasteiger partial charge in [0.25, 0.3) is 0 Å². The van der Waals surface area contributed by atoms with E-state index < -0.39 is 0 Å². The van der Waals surface area contributed by atoms with Crippen LogP contribution in [0.2, 0.25) is 0 Å². The Hall–Kier alpha value is -3.71. The van der Waals surface area contributed by atoms with Gasteiger partial charge in [0.15, 0.2) is 11.5 Å². The number of phenolic OH excluding ortho intramolecular Hbond substituents is 1. The average molecular weight is 371 g/mol. The number of aromatic hydroxyl groups is 1. The summed E-state index contributed by atoms with van der Waals surface area (Å²) in [6, 6.07) is 20.4. The molecular weight excluding hydrogens is 350 g/mol. The number of methoxy groups -OCH3 is 1. The molecule has 0 saturated heterocycles. The number of hydrogen-bond donors (Lipinski definition) is 2. The van der Waals surface area contributed by atoms with Crippen LogP contribution in [0.5, 0.6) is 11.5 Å². The third-order valence-corrected chi connectivity index (χ3v) is 4.25. The second-order valence-corrected chi connectivity index (χ2v) is 6.38. The molecule has 0 bridgehead atoms. The standard InChI is InChI=1S/C24H21NO3/c1-17-8-9-19(11-10-18-6-4-3-5-7-18)14-21(17)25-24(27)16-20-12-13-22(26)23(15-20)28-2/h3-9,12-15,26H,16H2,1-2H3,(H,25,27). The number of rotatable bonds is 4. The van der Waals surface area contributed by atoms with Gasteiger partial charge in [-0.05, 0) is 54.4 Å². The highest BCUT2D eigenvalue weighted by Gasteiger charge is 2.09. The summed E-state index contributed by atoms with van der Waals surface area (Å²) in [4.78, 5) is 12.5. The highest BCUT2D eigenvalue weighted by atomic mass is 16.5. The zero-order valence-corrected chi connectivity index (χ0v) is 15.8. The van der Waals surface area contributed by atoms with E-state index in [1.165, 1.54) is 13.2 Å². The molecule has 0 aliphatic rings. The van der Waals surface area contributed by atoms with Crippen molar-refractivity contribution in [3.63, 3.8) is 0 Å². The monoisotopic (exact) mass is 371 g/mol. The molecule has 0 radical (unpaired) electrons. The van der Waals surface area contributed by atoms with E-state index in [4.69, 9.17) is 4.74 Å². The zero-order valence-electron chi connectivity index (χ0n) is 15.8. The Balaban J connectivity index is 1.73. The van der Waals surface area contributed by atoms with Gasteiger partial charge in [-0.15, -0.1) is 0 Å². The van der Waals surface area contributed by atoms with E-state index in [-0.39, 0.29) is 18.1 Å². The Morgan fingerprint density at radius 3 is 2.50 bits per heavy atom. The molecule has 0 atom stereocenters. The number of anilines is 1. The first-order chi connectivity index (χ1) is 13.5. The van der Waals surface area contributed by atoms with Crippen molar-refractivity contribution in [1.29, 1.82) is 0 Å². The number of amides is 1. The highest BCUT2D eigenvalue weighted by molar-refractivity contribution is 5.93. The van der Waals surface area contributed by atoms with Crippen molar-refractivity contribution >= 4 is 11.6 Å². The molecule has 3 rings (SSSR count). The smallest absolute Gasteiger partial charge is 0.228 e. The van der Waals surface area contributed by atoms with Crippen LogP contribution < -0.4 is 10.1 Å². The molecular formula is C24H21NO3. The largest absolute Gasteiger partial charge is 0.504 e. The molecule has 0 aliphatic carbocycles. The summed E-state index contributed by atoms with van der Waals surface area (Å²) in [5.41, 5.74) is 4.22. The number of hydrogen-bond acceptors (Lipinski definition) is 3. The normalized spacial score (nSPS) is 9.93. The number of phenols is 1. The van der Waals surface area contributed by atoms with Crippen LogP contribution in [-0.4, -0.2) is 18.1 Å². The van der Waals surface area contributed by atoms with Gasteiger partial charge in [0.05, 0.1) is 13.5 Å². The maximum atomic E-state index is 12.5. The lowest BCUT2D eigenvalue weighted by atomic mass is 10.1. The van der Waals surface area contributed by atoms with Crippen molar-refractivity contribution in [3.05, 3.63) is 89.0 Å². The molecule has 2 N–H and O–H groups in total. The minimum Gasteiger partial charge on any atom is -0.504 e. The molecule has 28 heavy (non-hydrogen) atoms. The van der Waals surface area contributed by atoms with Crippen molar-refractivity contribution in [2.24, 2.45) is 0 Å². The summed E-state index contributed by atoms with van der Waals surface area (Å²) in [7, 11) is 1.48. The number of ether oxygens (including phenoxy) is 1. The van der Waals surface area contributed by atoms with Gasteiger partial charge in [0.1, 0.15) is 0 Å². The summed E-state index contributed by atoms with van der Waals surface area (Å²) in [5, 5.41) is 12.6. The van der Waals surface area contributed by atoms with Crippen LogP contribution in [0.25, 0.3) is 0 Å². The van der Waals surface area contributed by atoms with Gasteiger partial charge >= 0.3 is 0 Å². The second-order valence-electron chi connectivity index (χ2n) is 6.38. The highest BCUT2D eigenvalue weighted by Crippen LogP contribution is 2.26. The van der Waals surface area contributed by atoms with Crippen LogP contribution in [0.4, 0.5) is 5.69 Å². The van der Waals surface area contributed by atoms with Gasteiger partial charge in [-0.2, -0.15) is 0 Å². The van der Waals surface area contributed by atoms with E-state index in [1.54, 1.807) is 12.1 Å². The fourth-order valence-corrected chi connectivity index (χ4v) is 2.71. The predicted octanol–water partition coefficient (Wildman–Crippen LogP) is 4.29. The molecule has 0 unspecified atom stereocenters. The maximum Gasteiger partial charge on any atom is 0.228 e. The van der Waals surface area contributed by atoms with Crippen molar-refractivity contribution in [2.45, 2.75) is 13.3 Å². The molecule has 0 fully saturated rings. The van der Waals surface area contributed by atoms with Crippen LogP contribution in [0.15, 0.2) is 66.7 Å². The Bertz CT molecular complexity index is 1050. The SMILES string of the molecule is COc1cc(CC(=O)Nc2cc(C#Cc3ccccc3)ccc2C)ccc1O. The summed E-state index contributed by atoms with van der Waals surface area (Å²) < 4.78 is 5.09. The maximum absolute atomic E-state index is 12.5. The zero-order chi connectivity index (χ0) is 19.9. The van der Waals surface area contributed by atoms with Crippen LogP contribution in [0, 0.1) is 18.8 Å². The molecule has 4 heteroatoms. The number of aryl methyl sites for hydroxylation is 1. The molecule has 3 aromatic rings. The molecule has 3 aromatic carbocycles. The van der Waals surface area contributed by atoms with Gasteiger partial charge < -0.3 is 15.2 Å². The van der Waals surface area contributed by atoms with E-state index in [0.29, 0.717) is 5.75 Å². The van der Waals surface area contributed by atoms with Crippen LogP contribution in [0.3, 0.4) is 0 Å². The molecule has 0 saturated carbocycles. The summed E-state index contributed by atoms with van der Waals surface area (Å²) >= 11 is 0. The molecule has 1 amide bonds. The summed E-state index contributed by atoms with van der Waals surface area (Å²) in [6.07, 6.45) is 0.177. The molecule has 0 heterocycles. The number of nitrogens with one attached hydrogen (secondary N) is 1. The topological polar surface area (TPSA) is 58.6 Å². The minimum absolute atomic E-state index is 0.0483. The number of benzene rings is 3. The molecule has 0 spiro atoms. The van der Waals surface area contributed by atoms with Crippen LogP contribution in [0.1, 0.15) is 22.3 Å². The van der Waals surface area contributed by atoms with Gasteiger partial charge in [-0.25, -0.2) is 0 Å². The lowest BCUT2D eigenvalue weighted by Crippen LogP contribution is -2.15. The first kappa shape index (κ1) is 19.1. The van der Waals surface area contributed by atoms with Gasteiger partial charge in [0.2, 0.25) is 5.91 Å². The van der Waals surface area contributed by atoms with E-state index in [9.17, 15) is 9.90 Å². The molecule has 0 aliphatic heterocycles. The van der Waals surface area contributed by atoms with Crippen LogP contribution >= 0.6 is 0 Å². The Morgan fingerprint density at radius 1 is 1.00 bits per heavy atom. The molecule has 0 aromatic heterocycles. The van der Waals surface area contributed by atoms with E-state index >= 15 is 0 Å². The second kappa shape index (κ2) is 8.79. The van der Waals surface area contributed by atoms with Crippen molar-refractivity contribution in [1.82, 2.24) is 0 Å². The Kier molecular flexibility index (Phi) is 5.98. The van der Waals surface area contributed by atoms with E-state index in [0.717, 1.165) is 27.9 Å². The summed E-state index contributed by atoms with van der Waals surface area (Å²) in [6.45, 7) is 1.94. The molecule has 4 nitrogen and oxygen atoms in total. The molecule has 140 valence electrons. The summed E-state index contributed by atoms with van der Waals surface area (Å²) in [5.74, 6) is 6.49. The predicted molar refractivity (Wildman–Crippen MR) is 111 cm³/mol. The van der Waals surface area contributed by atoms with Crippen LogP contribution in [-0.2, 0) is 11.2 Å². The number of carbonyl (C=O) groups excluding carboxylic acids is 1. The quantitative estimate of drug-likeness (QED) is 0.673. The lowest BCUT2D eigenvalue weighted by Gasteiger charge is -2.10. The Morgan fingerprint density at radius 2 is 1.75 bits per heavy atom. The minimum atomic E-state index is -0.149. The van der Waals surface area contributed by atoms with Gasteiger partial charge in [-0.1, -0.05) is 42.2 Å². The van der Waals surface area contributed by atoms with Crippen molar-refractivity contribution in [3.8, 4) is 23.3 Å². The van der Waals surface area contributed by atoms with Crippen molar-refractivity contribution in [2.75, 3.05) is 12.4 Å². The lowest BCUT2D eigenvalue weighted by molar-refractivity contribution is -0.115. The fourth-order valence-electron chi connectivity index (χ4n) is 2.71. The van der Waals surface area contributed by atoms with Crippen molar-refractivity contribution < 1.29 is 14.6 Å². The first-order valence-electron chi connectivity index (χ1n) is 8.88.